The third-order valence-electron chi connectivity index (χ3n) is 3.58. The molecule has 146 valence electrons. The fraction of sp³-hybridized carbons (Fsp3) is 0.579. The summed E-state index contributed by atoms with van der Waals surface area (Å²) >= 11 is 0. The van der Waals surface area contributed by atoms with Crippen molar-refractivity contribution in [1.29, 1.82) is 0 Å². The SMILES string of the molecule is CCN(CC)c1ccc(COCCC(=O)O)c(NC(=O)OC(C)(C)C)c1. The third kappa shape index (κ3) is 7.74. The number of aliphatic carboxylic acids is 1. The molecular formula is C19H30N2O5. The van der Waals surface area contributed by atoms with E-state index in [-0.39, 0.29) is 19.6 Å². The van der Waals surface area contributed by atoms with Gasteiger partial charge in [-0.05, 0) is 46.8 Å². The van der Waals surface area contributed by atoms with E-state index in [1.165, 1.54) is 0 Å². The van der Waals surface area contributed by atoms with Crippen LogP contribution in [0.1, 0.15) is 46.6 Å². The highest BCUT2D eigenvalue weighted by atomic mass is 16.6. The molecule has 0 aliphatic carbocycles. The van der Waals surface area contributed by atoms with Crippen LogP contribution in [0.2, 0.25) is 0 Å². The number of carbonyl (C=O) groups excluding carboxylic acids is 1. The van der Waals surface area contributed by atoms with Gasteiger partial charge in [0.2, 0.25) is 0 Å². The molecule has 0 bridgehead atoms. The van der Waals surface area contributed by atoms with Crippen molar-refractivity contribution < 1.29 is 24.2 Å². The van der Waals surface area contributed by atoms with Gasteiger partial charge >= 0.3 is 12.1 Å². The Morgan fingerprint density at radius 2 is 1.85 bits per heavy atom. The molecule has 0 heterocycles. The Morgan fingerprint density at radius 3 is 2.38 bits per heavy atom. The number of nitrogens with one attached hydrogen (secondary N) is 1. The molecule has 7 nitrogen and oxygen atoms in total. The first-order valence-corrected chi connectivity index (χ1v) is 8.83. The average molecular weight is 366 g/mol. The Morgan fingerprint density at radius 1 is 1.19 bits per heavy atom. The first kappa shape index (κ1) is 21.8. The number of ether oxygens (including phenoxy) is 2. The molecule has 1 aromatic carbocycles. The molecule has 0 saturated carbocycles. The van der Waals surface area contributed by atoms with Crippen molar-refractivity contribution in [2.45, 2.75) is 53.2 Å². The topological polar surface area (TPSA) is 88.1 Å². The average Bonchev–Trinajstić information content (AvgIpc) is 2.52. The van der Waals surface area contributed by atoms with Crippen LogP contribution in [0.4, 0.5) is 16.2 Å². The Kier molecular flexibility index (Phi) is 8.38. The zero-order valence-corrected chi connectivity index (χ0v) is 16.3. The van der Waals surface area contributed by atoms with Crippen molar-refractivity contribution in [3.8, 4) is 0 Å². The van der Waals surface area contributed by atoms with Crippen molar-refractivity contribution in [3.05, 3.63) is 23.8 Å². The molecule has 1 rings (SSSR count). The van der Waals surface area contributed by atoms with Crippen LogP contribution in [0.5, 0.6) is 0 Å². The Labute approximate surface area is 155 Å². The second-order valence-electron chi connectivity index (χ2n) is 6.84. The van der Waals surface area contributed by atoms with Crippen molar-refractivity contribution >= 4 is 23.4 Å². The minimum atomic E-state index is -0.908. The van der Waals surface area contributed by atoms with Gasteiger partial charge in [-0.1, -0.05) is 6.07 Å². The molecule has 0 saturated heterocycles. The van der Waals surface area contributed by atoms with Crippen LogP contribution < -0.4 is 10.2 Å². The summed E-state index contributed by atoms with van der Waals surface area (Å²) in [6.07, 6.45) is -0.604. The zero-order valence-electron chi connectivity index (χ0n) is 16.3. The number of amides is 1. The van der Waals surface area contributed by atoms with E-state index >= 15 is 0 Å². The normalized spacial score (nSPS) is 11.1. The summed E-state index contributed by atoms with van der Waals surface area (Å²) in [6, 6.07) is 5.72. The fourth-order valence-corrected chi connectivity index (χ4v) is 2.35. The van der Waals surface area contributed by atoms with E-state index in [0.717, 1.165) is 24.3 Å². The monoisotopic (exact) mass is 366 g/mol. The molecule has 0 fully saturated rings. The van der Waals surface area contributed by atoms with Crippen LogP contribution in [-0.4, -0.2) is 42.5 Å². The zero-order chi connectivity index (χ0) is 19.7. The molecule has 7 heteroatoms. The van der Waals surface area contributed by atoms with E-state index < -0.39 is 17.7 Å². The van der Waals surface area contributed by atoms with Crippen LogP contribution in [0, 0.1) is 0 Å². The molecule has 0 aromatic heterocycles. The van der Waals surface area contributed by atoms with E-state index in [9.17, 15) is 9.59 Å². The smallest absolute Gasteiger partial charge is 0.412 e. The number of anilines is 2. The predicted octanol–water partition coefficient (Wildman–Crippen LogP) is 3.87. The number of rotatable bonds is 9. The van der Waals surface area contributed by atoms with Crippen LogP contribution in [-0.2, 0) is 20.9 Å². The van der Waals surface area contributed by atoms with E-state index in [1.807, 2.05) is 18.2 Å². The second-order valence-corrected chi connectivity index (χ2v) is 6.84. The maximum absolute atomic E-state index is 12.2. The predicted molar refractivity (Wildman–Crippen MR) is 102 cm³/mol. The van der Waals surface area contributed by atoms with Gasteiger partial charge in [-0.3, -0.25) is 10.1 Å². The van der Waals surface area contributed by atoms with Gasteiger partial charge in [-0.25, -0.2) is 4.79 Å². The quantitative estimate of drug-likeness (QED) is 0.645. The van der Waals surface area contributed by atoms with Crippen LogP contribution >= 0.6 is 0 Å². The van der Waals surface area contributed by atoms with Crippen molar-refractivity contribution in [2.75, 3.05) is 29.9 Å². The lowest BCUT2D eigenvalue weighted by molar-refractivity contribution is -0.138. The summed E-state index contributed by atoms with van der Waals surface area (Å²) in [5.41, 5.74) is 1.74. The molecule has 0 radical (unpaired) electrons. The second kappa shape index (κ2) is 10.0. The minimum Gasteiger partial charge on any atom is -0.481 e. The number of benzene rings is 1. The van der Waals surface area contributed by atoms with E-state index in [0.29, 0.717) is 5.69 Å². The number of hydrogen-bond acceptors (Lipinski definition) is 5. The van der Waals surface area contributed by atoms with Crippen molar-refractivity contribution in [2.24, 2.45) is 0 Å². The molecule has 2 N–H and O–H groups in total. The van der Waals surface area contributed by atoms with Gasteiger partial charge in [0, 0.05) is 24.3 Å². The lowest BCUT2D eigenvalue weighted by Crippen LogP contribution is -2.28. The van der Waals surface area contributed by atoms with Gasteiger partial charge in [0.05, 0.1) is 25.3 Å². The van der Waals surface area contributed by atoms with Gasteiger partial charge < -0.3 is 19.5 Å². The third-order valence-corrected chi connectivity index (χ3v) is 3.58. The highest BCUT2D eigenvalue weighted by Crippen LogP contribution is 2.25. The van der Waals surface area contributed by atoms with Gasteiger partial charge in [0.15, 0.2) is 0 Å². The van der Waals surface area contributed by atoms with Gasteiger partial charge in [-0.15, -0.1) is 0 Å². The molecule has 0 atom stereocenters. The number of hydrogen-bond donors (Lipinski definition) is 2. The first-order chi connectivity index (χ1) is 12.2. The van der Waals surface area contributed by atoms with E-state index in [2.05, 4.69) is 24.1 Å². The molecule has 1 amide bonds. The van der Waals surface area contributed by atoms with E-state index in [4.69, 9.17) is 14.6 Å². The summed E-state index contributed by atoms with van der Waals surface area (Å²) in [4.78, 5) is 24.9. The molecule has 26 heavy (non-hydrogen) atoms. The number of carboxylic acids is 1. The lowest BCUT2D eigenvalue weighted by Gasteiger charge is -2.24. The van der Waals surface area contributed by atoms with Gasteiger partial charge in [-0.2, -0.15) is 0 Å². The Balaban J connectivity index is 2.95. The molecule has 0 spiro atoms. The maximum Gasteiger partial charge on any atom is 0.412 e. The Hall–Kier alpha value is -2.28. The summed E-state index contributed by atoms with van der Waals surface area (Å²) in [7, 11) is 0. The van der Waals surface area contributed by atoms with Crippen molar-refractivity contribution in [1.82, 2.24) is 0 Å². The van der Waals surface area contributed by atoms with Gasteiger partial charge in [0.1, 0.15) is 5.60 Å². The highest BCUT2D eigenvalue weighted by Gasteiger charge is 2.18. The molecule has 0 unspecified atom stereocenters. The van der Waals surface area contributed by atoms with Crippen LogP contribution in [0.3, 0.4) is 0 Å². The van der Waals surface area contributed by atoms with Crippen LogP contribution in [0.15, 0.2) is 18.2 Å². The largest absolute Gasteiger partial charge is 0.481 e. The maximum atomic E-state index is 12.2. The Bertz CT molecular complexity index is 606. The van der Waals surface area contributed by atoms with Crippen molar-refractivity contribution in [3.63, 3.8) is 0 Å². The van der Waals surface area contributed by atoms with Crippen LogP contribution in [0.25, 0.3) is 0 Å². The minimum absolute atomic E-state index is 0.0631. The lowest BCUT2D eigenvalue weighted by atomic mass is 10.1. The molecule has 0 aliphatic heterocycles. The summed E-state index contributed by atoms with van der Waals surface area (Å²) in [5.74, 6) is -0.908. The summed E-state index contributed by atoms with van der Waals surface area (Å²) < 4.78 is 10.7. The molecule has 0 aliphatic rings. The number of nitrogens with zero attached hydrogens (tertiary/aromatic N) is 1. The summed E-state index contributed by atoms with van der Waals surface area (Å²) in [5, 5.41) is 11.5. The first-order valence-electron chi connectivity index (χ1n) is 8.83. The molecule has 1 aromatic rings. The summed E-state index contributed by atoms with van der Waals surface area (Å²) in [6.45, 7) is 11.5. The van der Waals surface area contributed by atoms with Gasteiger partial charge in [0.25, 0.3) is 0 Å². The highest BCUT2D eigenvalue weighted by molar-refractivity contribution is 5.87. The standard InChI is InChI=1S/C19H30N2O5/c1-6-21(7-2)15-9-8-14(13-25-11-10-17(22)23)16(12-15)20-18(24)26-19(3,4)5/h8-9,12H,6-7,10-11,13H2,1-5H3,(H,20,24)(H,22,23). The number of carboxylic acid groups (broad SMARTS) is 1. The van der Waals surface area contributed by atoms with E-state index in [1.54, 1.807) is 20.8 Å². The fourth-order valence-electron chi connectivity index (χ4n) is 2.35. The number of carbonyl (C=O) groups is 2. The molecular weight excluding hydrogens is 336 g/mol.